The van der Waals surface area contributed by atoms with E-state index in [1.54, 1.807) is 0 Å². The van der Waals surface area contributed by atoms with Crippen LogP contribution in [0.1, 0.15) is 40.5 Å². The Balaban J connectivity index is 2.86. The molecule has 0 bridgehead atoms. The van der Waals surface area contributed by atoms with Crippen LogP contribution in [0, 0.1) is 16.1 Å². The predicted octanol–water partition coefficient (Wildman–Crippen LogP) is 2.88. The summed E-state index contributed by atoms with van der Waals surface area (Å²) in [6.45, 7) is 8.44. The molecule has 0 aromatic heterocycles. The highest BCUT2D eigenvalue weighted by atomic mass is 32.2. The van der Waals surface area contributed by atoms with Gasteiger partial charge in [-0.25, -0.2) is 4.21 Å². The van der Waals surface area contributed by atoms with Crippen molar-refractivity contribution < 1.29 is 4.21 Å². The summed E-state index contributed by atoms with van der Waals surface area (Å²) in [6.07, 6.45) is 2.08. The molecule has 0 aliphatic heterocycles. The van der Waals surface area contributed by atoms with Crippen molar-refractivity contribution in [2.45, 2.75) is 45.8 Å². The standard InChI is InChI=1S/C10H21NOS/c1-5-13(11,12)9-7-10(3,4)6-8(9)2/h8-9,11H,5-7H2,1-4H3. The molecule has 0 aromatic rings. The van der Waals surface area contributed by atoms with E-state index >= 15 is 0 Å². The first-order chi connectivity index (χ1) is 5.78. The maximum atomic E-state index is 11.9. The first-order valence-corrected chi connectivity index (χ1v) is 6.83. The Hall–Kier alpha value is -0.0500. The third-order valence-corrected chi connectivity index (χ3v) is 5.65. The van der Waals surface area contributed by atoms with Gasteiger partial charge in [0.15, 0.2) is 0 Å². The van der Waals surface area contributed by atoms with E-state index in [-0.39, 0.29) is 5.25 Å². The van der Waals surface area contributed by atoms with Crippen molar-refractivity contribution in [3.05, 3.63) is 0 Å². The van der Waals surface area contributed by atoms with Crippen molar-refractivity contribution >= 4 is 9.73 Å². The lowest BCUT2D eigenvalue weighted by Gasteiger charge is -2.18. The first kappa shape index (κ1) is 11.0. The lowest BCUT2D eigenvalue weighted by molar-refractivity contribution is 0.366. The number of hydrogen-bond donors (Lipinski definition) is 1. The molecule has 1 fully saturated rings. The Morgan fingerprint density at radius 1 is 1.46 bits per heavy atom. The molecule has 0 aromatic carbocycles. The zero-order chi connectivity index (χ0) is 10.3. The molecule has 1 N–H and O–H groups in total. The van der Waals surface area contributed by atoms with Crippen LogP contribution in [0.2, 0.25) is 0 Å². The van der Waals surface area contributed by atoms with E-state index < -0.39 is 9.73 Å². The minimum atomic E-state index is -2.32. The second-order valence-electron chi connectivity index (χ2n) is 5.10. The zero-order valence-electron chi connectivity index (χ0n) is 9.09. The molecule has 3 atom stereocenters. The topological polar surface area (TPSA) is 40.9 Å². The largest absolute Gasteiger partial charge is 0.253 e. The summed E-state index contributed by atoms with van der Waals surface area (Å²) < 4.78 is 19.7. The molecular formula is C10H21NOS. The molecule has 1 rings (SSSR count). The predicted molar refractivity (Wildman–Crippen MR) is 57.4 cm³/mol. The molecule has 3 heteroatoms. The van der Waals surface area contributed by atoms with Crippen LogP contribution in [0.3, 0.4) is 0 Å². The molecule has 1 aliphatic carbocycles. The van der Waals surface area contributed by atoms with Gasteiger partial charge in [0.1, 0.15) is 0 Å². The molecule has 3 unspecified atom stereocenters. The summed E-state index contributed by atoms with van der Waals surface area (Å²) in [7, 11) is -2.32. The smallest absolute Gasteiger partial charge is 0.0470 e. The maximum absolute atomic E-state index is 11.9. The number of nitrogens with one attached hydrogen (secondary N) is 1. The molecule has 78 valence electrons. The van der Waals surface area contributed by atoms with E-state index in [1.807, 2.05) is 6.92 Å². The van der Waals surface area contributed by atoms with Gasteiger partial charge >= 0.3 is 0 Å². The van der Waals surface area contributed by atoms with E-state index in [4.69, 9.17) is 4.78 Å². The maximum Gasteiger partial charge on any atom is 0.0470 e. The van der Waals surface area contributed by atoms with Crippen LogP contribution < -0.4 is 0 Å². The molecule has 0 spiro atoms. The summed E-state index contributed by atoms with van der Waals surface area (Å²) in [5, 5.41) is 0.132. The Morgan fingerprint density at radius 2 is 2.00 bits per heavy atom. The summed E-state index contributed by atoms with van der Waals surface area (Å²) in [4.78, 5) is 0. The van der Waals surface area contributed by atoms with Crippen LogP contribution in [0.5, 0.6) is 0 Å². The molecule has 1 saturated carbocycles. The molecule has 2 nitrogen and oxygen atoms in total. The second kappa shape index (κ2) is 3.26. The zero-order valence-corrected chi connectivity index (χ0v) is 9.91. The minimum Gasteiger partial charge on any atom is -0.253 e. The van der Waals surface area contributed by atoms with Crippen molar-refractivity contribution in [1.82, 2.24) is 0 Å². The molecule has 1 aliphatic rings. The van der Waals surface area contributed by atoms with E-state index in [1.165, 1.54) is 0 Å². The Labute approximate surface area is 82.1 Å². The third-order valence-electron chi connectivity index (χ3n) is 3.18. The van der Waals surface area contributed by atoms with E-state index in [0.717, 1.165) is 12.8 Å². The van der Waals surface area contributed by atoms with E-state index in [2.05, 4.69) is 20.8 Å². The Kier molecular flexibility index (Phi) is 2.77. The molecule has 0 saturated heterocycles. The molecule has 0 heterocycles. The molecular weight excluding hydrogens is 182 g/mol. The second-order valence-corrected chi connectivity index (χ2v) is 7.74. The van der Waals surface area contributed by atoms with Crippen LogP contribution in [-0.4, -0.2) is 15.2 Å². The average molecular weight is 203 g/mol. The number of rotatable bonds is 2. The van der Waals surface area contributed by atoms with Gasteiger partial charge in [0.25, 0.3) is 0 Å². The fraction of sp³-hybridized carbons (Fsp3) is 1.00. The number of hydrogen-bond acceptors (Lipinski definition) is 2. The van der Waals surface area contributed by atoms with Gasteiger partial charge in [-0.1, -0.05) is 27.7 Å². The average Bonchev–Trinajstić information content (AvgIpc) is 2.25. The fourth-order valence-corrected chi connectivity index (χ4v) is 4.55. The summed E-state index contributed by atoms with van der Waals surface area (Å²) >= 11 is 0. The highest BCUT2D eigenvalue weighted by Gasteiger charge is 2.41. The molecule has 13 heavy (non-hydrogen) atoms. The van der Waals surface area contributed by atoms with Gasteiger partial charge in [-0.2, -0.15) is 0 Å². The van der Waals surface area contributed by atoms with Gasteiger partial charge in [-0.3, -0.25) is 4.78 Å². The quantitative estimate of drug-likeness (QED) is 0.736. The van der Waals surface area contributed by atoms with Crippen molar-refractivity contribution in [2.75, 3.05) is 5.75 Å². The van der Waals surface area contributed by atoms with Crippen LogP contribution in [0.4, 0.5) is 0 Å². The van der Waals surface area contributed by atoms with Crippen molar-refractivity contribution in [3.63, 3.8) is 0 Å². The van der Waals surface area contributed by atoms with Crippen LogP contribution in [-0.2, 0) is 9.73 Å². The van der Waals surface area contributed by atoms with Crippen molar-refractivity contribution in [2.24, 2.45) is 11.3 Å². The summed E-state index contributed by atoms with van der Waals surface area (Å²) in [6, 6.07) is 0. The lowest BCUT2D eigenvalue weighted by Crippen LogP contribution is -2.24. The van der Waals surface area contributed by atoms with Gasteiger partial charge in [-0.05, 0) is 24.2 Å². The SMILES string of the molecule is CCS(=N)(=O)C1CC(C)(C)CC1C. The molecule has 0 radical (unpaired) electrons. The summed E-state index contributed by atoms with van der Waals surface area (Å²) in [5.74, 6) is 0.970. The Morgan fingerprint density at radius 3 is 2.31 bits per heavy atom. The van der Waals surface area contributed by atoms with E-state index in [9.17, 15) is 4.21 Å². The van der Waals surface area contributed by atoms with Gasteiger partial charge in [0.2, 0.25) is 0 Å². The minimum absolute atomic E-state index is 0.132. The van der Waals surface area contributed by atoms with Crippen LogP contribution in [0.15, 0.2) is 0 Å². The van der Waals surface area contributed by atoms with E-state index in [0.29, 0.717) is 17.1 Å². The third kappa shape index (κ3) is 2.25. The van der Waals surface area contributed by atoms with Crippen LogP contribution in [0.25, 0.3) is 0 Å². The Bertz CT molecular complexity index is 279. The van der Waals surface area contributed by atoms with Gasteiger partial charge in [0, 0.05) is 20.7 Å². The fourth-order valence-electron chi connectivity index (χ4n) is 2.56. The first-order valence-electron chi connectivity index (χ1n) is 5.04. The van der Waals surface area contributed by atoms with Crippen molar-refractivity contribution in [3.8, 4) is 0 Å². The van der Waals surface area contributed by atoms with Gasteiger partial charge in [0.05, 0.1) is 0 Å². The van der Waals surface area contributed by atoms with Crippen LogP contribution >= 0.6 is 0 Å². The van der Waals surface area contributed by atoms with Gasteiger partial charge in [-0.15, -0.1) is 0 Å². The normalized spacial score (nSPS) is 37.2. The highest BCUT2D eigenvalue weighted by molar-refractivity contribution is 7.93. The highest BCUT2D eigenvalue weighted by Crippen LogP contribution is 2.44. The lowest BCUT2D eigenvalue weighted by atomic mass is 9.91. The molecule has 0 amide bonds. The van der Waals surface area contributed by atoms with Gasteiger partial charge < -0.3 is 0 Å². The summed E-state index contributed by atoms with van der Waals surface area (Å²) in [5.41, 5.74) is 0.295. The monoisotopic (exact) mass is 203 g/mol. The van der Waals surface area contributed by atoms with Crippen molar-refractivity contribution in [1.29, 1.82) is 4.78 Å².